The van der Waals surface area contributed by atoms with Crippen LogP contribution in [0.4, 0.5) is 20.4 Å². The Morgan fingerprint density at radius 2 is 1.72 bits per heavy atom. The number of nitrogens with one attached hydrogen (secondary N) is 2. The van der Waals surface area contributed by atoms with Crippen LogP contribution in [-0.2, 0) is 6.54 Å². The first-order valence-electron chi connectivity index (χ1n) is 10.8. The van der Waals surface area contributed by atoms with Crippen LogP contribution in [0.5, 0.6) is 0 Å². The number of pyridine rings is 2. The lowest BCUT2D eigenvalue weighted by atomic mass is 9.86. The highest BCUT2D eigenvalue weighted by molar-refractivity contribution is 6.33. The molecule has 0 atom stereocenters. The molecule has 1 saturated carbocycles. The fourth-order valence-corrected chi connectivity index (χ4v) is 4.30. The van der Waals surface area contributed by atoms with Gasteiger partial charge in [-0.1, -0.05) is 11.6 Å². The van der Waals surface area contributed by atoms with E-state index in [1.165, 1.54) is 12.1 Å². The smallest absolute Gasteiger partial charge is 0.126 e. The van der Waals surface area contributed by atoms with Gasteiger partial charge in [-0.2, -0.15) is 0 Å². The van der Waals surface area contributed by atoms with Crippen molar-refractivity contribution in [2.75, 3.05) is 17.2 Å². The number of aromatic nitrogens is 2. The first-order valence-corrected chi connectivity index (χ1v) is 11.2. The SMILES string of the molecule is NCC1CCC(Nc2cc(-c3ccnc(NCc4cc(F)cc(F)c4)c3)c(Cl)cn2)CC1. The third kappa shape index (κ3) is 5.72. The number of hydrogen-bond acceptors (Lipinski definition) is 5. The van der Waals surface area contributed by atoms with Crippen molar-refractivity contribution in [3.8, 4) is 11.1 Å². The molecule has 1 aliphatic rings. The molecule has 4 rings (SSSR count). The van der Waals surface area contributed by atoms with E-state index in [1.807, 2.05) is 18.2 Å². The van der Waals surface area contributed by atoms with Gasteiger partial charge in [0, 0.05) is 36.6 Å². The highest BCUT2D eigenvalue weighted by atomic mass is 35.5. The first-order chi connectivity index (χ1) is 15.5. The zero-order chi connectivity index (χ0) is 22.5. The molecule has 0 unspecified atom stereocenters. The highest BCUT2D eigenvalue weighted by Crippen LogP contribution is 2.32. The number of hydrogen-bond donors (Lipinski definition) is 3. The van der Waals surface area contributed by atoms with Crippen molar-refractivity contribution >= 4 is 23.2 Å². The Balaban J connectivity index is 1.46. The molecule has 1 aromatic carbocycles. The number of benzene rings is 1. The molecule has 168 valence electrons. The standard InChI is InChI=1S/C24H26ClF2N5/c25-22-14-31-24(32-20-3-1-15(12-28)2-4-20)11-21(22)17-5-6-29-23(9-17)30-13-16-7-18(26)10-19(27)8-16/h5-11,14-15,20H,1-4,12-13,28H2,(H,29,30)(H,31,32). The fraction of sp³-hybridized carbons (Fsp3) is 0.333. The number of anilines is 2. The molecular weight excluding hydrogens is 432 g/mol. The Bertz CT molecular complexity index is 1050. The number of halogens is 3. The maximum atomic E-state index is 13.4. The molecule has 0 aliphatic heterocycles. The summed E-state index contributed by atoms with van der Waals surface area (Å²) in [6.07, 6.45) is 7.72. The molecule has 32 heavy (non-hydrogen) atoms. The van der Waals surface area contributed by atoms with Crippen molar-refractivity contribution in [2.45, 2.75) is 38.3 Å². The maximum absolute atomic E-state index is 13.4. The largest absolute Gasteiger partial charge is 0.367 e. The minimum absolute atomic E-state index is 0.244. The number of nitrogens with zero attached hydrogens (tertiary/aromatic N) is 2. The lowest BCUT2D eigenvalue weighted by molar-refractivity contribution is 0.344. The van der Waals surface area contributed by atoms with Gasteiger partial charge >= 0.3 is 0 Å². The summed E-state index contributed by atoms with van der Waals surface area (Å²) >= 11 is 6.44. The Labute approximate surface area is 191 Å². The molecule has 2 heterocycles. The third-order valence-electron chi connectivity index (χ3n) is 5.85. The molecular formula is C24H26ClF2N5. The van der Waals surface area contributed by atoms with Crippen molar-refractivity contribution in [2.24, 2.45) is 11.7 Å². The van der Waals surface area contributed by atoms with Gasteiger partial charge in [-0.15, -0.1) is 0 Å². The van der Waals surface area contributed by atoms with E-state index in [2.05, 4.69) is 20.6 Å². The monoisotopic (exact) mass is 457 g/mol. The molecule has 0 bridgehead atoms. The second kappa shape index (κ2) is 10.2. The molecule has 0 spiro atoms. The molecule has 5 nitrogen and oxygen atoms in total. The molecule has 0 saturated heterocycles. The van der Waals surface area contributed by atoms with Gasteiger partial charge in [0.2, 0.25) is 0 Å². The summed E-state index contributed by atoms with van der Waals surface area (Å²) in [6, 6.07) is 9.47. The van der Waals surface area contributed by atoms with E-state index in [0.29, 0.717) is 28.4 Å². The molecule has 0 radical (unpaired) electrons. The molecule has 8 heteroatoms. The van der Waals surface area contributed by atoms with Gasteiger partial charge in [0.15, 0.2) is 0 Å². The van der Waals surface area contributed by atoms with Crippen LogP contribution in [0.2, 0.25) is 5.02 Å². The van der Waals surface area contributed by atoms with Crippen LogP contribution in [0.1, 0.15) is 31.2 Å². The zero-order valence-corrected chi connectivity index (χ0v) is 18.4. The lowest BCUT2D eigenvalue weighted by Crippen LogP contribution is -2.29. The summed E-state index contributed by atoms with van der Waals surface area (Å²) in [5.74, 6) is 0.762. The summed E-state index contributed by atoms with van der Waals surface area (Å²) < 4.78 is 26.8. The molecule has 2 aromatic heterocycles. The van der Waals surface area contributed by atoms with E-state index in [-0.39, 0.29) is 6.54 Å². The fourth-order valence-electron chi connectivity index (χ4n) is 4.09. The Kier molecular flexibility index (Phi) is 7.17. The second-order valence-electron chi connectivity index (χ2n) is 8.21. The summed E-state index contributed by atoms with van der Waals surface area (Å²) in [6.45, 7) is 0.996. The van der Waals surface area contributed by atoms with E-state index >= 15 is 0 Å². The maximum Gasteiger partial charge on any atom is 0.126 e. The molecule has 1 aliphatic carbocycles. The average Bonchev–Trinajstić information content (AvgIpc) is 2.79. The van der Waals surface area contributed by atoms with Gasteiger partial charge in [-0.05, 0) is 79.6 Å². The van der Waals surface area contributed by atoms with Crippen LogP contribution < -0.4 is 16.4 Å². The quantitative estimate of drug-likeness (QED) is 0.429. The van der Waals surface area contributed by atoms with Crippen LogP contribution in [0.15, 0.2) is 48.8 Å². The Morgan fingerprint density at radius 3 is 2.44 bits per heavy atom. The zero-order valence-electron chi connectivity index (χ0n) is 17.6. The van der Waals surface area contributed by atoms with E-state index in [0.717, 1.165) is 55.2 Å². The predicted molar refractivity (Wildman–Crippen MR) is 125 cm³/mol. The number of rotatable bonds is 7. The van der Waals surface area contributed by atoms with Gasteiger partial charge in [0.05, 0.1) is 5.02 Å². The van der Waals surface area contributed by atoms with Gasteiger partial charge in [-0.3, -0.25) is 0 Å². The lowest BCUT2D eigenvalue weighted by Gasteiger charge is -2.28. The summed E-state index contributed by atoms with van der Waals surface area (Å²) in [5.41, 5.74) is 7.99. The van der Waals surface area contributed by atoms with Crippen molar-refractivity contribution in [3.05, 3.63) is 71.0 Å². The molecule has 0 amide bonds. The van der Waals surface area contributed by atoms with Gasteiger partial charge in [-0.25, -0.2) is 18.7 Å². The predicted octanol–water partition coefficient (Wildman–Crippen LogP) is 5.62. The third-order valence-corrected chi connectivity index (χ3v) is 6.16. The summed E-state index contributed by atoms with van der Waals surface area (Å²) in [5, 5.41) is 7.16. The normalized spacial score (nSPS) is 18.4. The topological polar surface area (TPSA) is 75.9 Å². The number of nitrogens with two attached hydrogens (primary N) is 1. The minimum atomic E-state index is -0.608. The van der Waals surface area contributed by atoms with Crippen LogP contribution in [0.3, 0.4) is 0 Å². The van der Waals surface area contributed by atoms with Crippen molar-refractivity contribution in [3.63, 3.8) is 0 Å². The van der Waals surface area contributed by atoms with E-state index < -0.39 is 11.6 Å². The van der Waals surface area contributed by atoms with Crippen LogP contribution in [-0.4, -0.2) is 22.6 Å². The van der Waals surface area contributed by atoms with E-state index in [1.54, 1.807) is 12.4 Å². The molecule has 3 aromatic rings. The van der Waals surface area contributed by atoms with Gasteiger partial charge in [0.1, 0.15) is 23.3 Å². The van der Waals surface area contributed by atoms with Gasteiger partial charge in [0.25, 0.3) is 0 Å². The van der Waals surface area contributed by atoms with Crippen LogP contribution in [0.25, 0.3) is 11.1 Å². The molecule has 1 fully saturated rings. The Hall–Kier alpha value is -2.77. The van der Waals surface area contributed by atoms with Crippen molar-refractivity contribution in [1.82, 2.24) is 9.97 Å². The Morgan fingerprint density at radius 1 is 0.969 bits per heavy atom. The van der Waals surface area contributed by atoms with Gasteiger partial charge < -0.3 is 16.4 Å². The van der Waals surface area contributed by atoms with Crippen molar-refractivity contribution < 1.29 is 8.78 Å². The summed E-state index contributed by atoms with van der Waals surface area (Å²) in [7, 11) is 0. The van der Waals surface area contributed by atoms with Crippen molar-refractivity contribution in [1.29, 1.82) is 0 Å². The van der Waals surface area contributed by atoms with E-state index in [4.69, 9.17) is 17.3 Å². The van der Waals surface area contributed by atoms with Crippen LogP contribution >= 0.6 is 11.6 Å². The second-order valence-corrected chi connectivity index (χ2v) is 8.62. The van der Waals surface area contributed by atoms with E-state index in [9.17, 15) is 8.78 Å². The minimum Gasteiger partial charge on any atom is -0.367 e. The highest BCUT2D eigenvalue weighted by Gasteiger charge is 2.20. The average molecular weight is 458 g/mol. The summed E-state index contributed by atoms with van der Waals surface area (Å²) in [4.78, 5) is 8.75. The first kappa shape index (κ1) is 22.4. The molecule has 4 N–H and O–H groups in total. The van der Waals surface area contributed by atoms with Crippen LogP contribution in [0, 0.1) is 17.6 Å².